The standard InChI is InChI=1S/C34H41N5O8/c40-23-25-6-8-26(9-7-25)31-20-30(22-37-16-18-38(19-17-37)28-12-14-29(15-13-28)39(44)45)46-34(47-31)27-10-4-24(5-11-27)21-35-32(41)2-1-3-33(42)36-43/h4-15,30-31,34,40,43H,1-3,16-23H2,(H,35,41)(H,36,42). The SMILES string of the molecule is O=C(CCCC(=O)NCc1ccc(C2OC(CN3CCN(c4ccc([N+](=O)[O-])cc4)CC3)CC(c3ccc(CO)cc3)O2)cc1)NO. The third-order valence-electron chi connectivity index (χ3n) is 8.55. The lowest BCUT2D eigenvalue weighted by atomic mass is 9.99. The number of hydrogen-bond donors (Lipinski definition) is 4. The van der Waals surface area contributed by atoms with Crippen LogP contribution in [0.4, 0.5) is 11.4 Å². The van der Waals surface area contributed by atoms with Crippen molar-refractivity contribution in [3.8, 4) is 0 Å². The fraction of sp³-hybridized carbons (Fsp3) is 0.412. The van der Waals surface area contributed by atoms with Gasteiger partial charge in [-0.2, -0.15) is 0 Å². The van der Waals surface area contributed by atoms with Crippen LogP contribution in [0.25, 0.3) is 0 Å². The largest absolute Gasteiger partial charge is 0.392 e. The number of benzene rings is 3. The lowest BCUT2D eigenvalue weighted by Gasteiger charge is -2.41. The zero-order valence-electron chi connectivity index (χ0n) is 26.1. The summed E-state index contributed by atoms with van der Waals surface area (Å²) in [4.78, 5) is 38.5. The Balaban J connectivity index is 1.19. The minimum Gasteiger partial charge on any atom is -0.392 e. The van der Waals surface area contributed by atoms with Gasteiger partial charge in [0, 0.05) is 81.9 Å². The van der Waals surface area contributed by atoms with E-state index in [9.17, 15) is 24.8 Å². The van der Waals surface area contributed by atoms with Crippen molar-refractivity contribution in [3.05, 3.63) is 105 Å². The number of nitro groups is 1. The van der Waals surface area contributed by atoms with Gasteiger partial charge in [0.15, 0.2) is 6.29 Å². The number of anilines is 1. The number of nitro benzene ring substituents is 1. The Morgan fingerprint density at radius 3 is 2.13 bits per heavy atom. The van der Waals surface area contributed by atoms with Crippen LogP contribution in [0.5, 0.6) is 0 Å². The molecule has 0 radical (unpaired) electrons. The molecule has 47 heavy (non-hydrogen) atoms. The Hall–Kier alpha value is -4.40. The highest BCUT2D eigenvalue weighted by molar-refractivity contribution is 5.78. The first-order valence-electron chi connectivity index (χ1n) is 15.8. The quantitative estimate of drug-likeness (QED) is 0.122. The Labute approximate surface area is 273 Å². The number of ether oxygens (including phenoxy) is 2. The fourth-order valence-electron chi connectivity index (χ4n) is 5.84. The Kier molecular flexibility index (Phi) is 11.9. The first-order chi connectivity index (χ1) is 22.8. The van der Waals surface area contributed by atoms with E-state index in [1.165, 1.54) is 0 Å². The monoisotopic (exact) mass is 647 g/mol. The average molecular weight is 648 g/mol. The molecule has 3 atom stereocenters. The third-order valence-corrected chi connectivity index (χ3v) is 8.55. The van der Waals surface area contributed by atoms with E-state index in [4.69, 9.17) is 14.7 Å². The van der Waals surface area contributed by atoms with Gasteiger partial charge in [0.2, 0.25) is 11.8 Å². The Bertz CT molecular complexity index is 1480. The zero-order valence-corrected chi connectivity index (χ0v) is 26.1. The normalized spacial score (nSPS) is 20.0. The number of nitrogens with zero attached hydrogens (tertiary/aromatic N) is 3. The molecule has 13 nitrogen and oxygen atoms in total. The minimum atomic E-state index is -0.598. The summed E-state index contributed by atoms with van der Waals surface area (Å²) in [7, 11) is 0. The van der Waals surface area contributed by atoms with Crippen molar-refractivity contribution < 1.29 is 34.3 Å². The van der Waals surface area contributed by atoms with Crippen molar-refractivity contribution in [3.63, 3.8) is 0 Å². The third kappa shape index (κ3) is 9.56. The molecule has 3 aromatic carbocycles. The van der Waals surface area contributed by atoms with Gasteiger partial charge in [-0.1, -0.05) is 48.5 Å². The highest BCUT2D eigenvalue weighted by atomic mass is 16.7. The van der Waals surface area contributed by atoms with Gasteiger partial charge in [-0.15, -0.1) is 0 Å². The molecular formula is C34H41N5O8. The maximum absolute atomic E-state index is 12.1. The summed E-state index contributed by atoms with van der Waals surface area (Å²) < 4.78 is 13.0. The average Bonchev–Trinajstić information content (AvgIpc) is 3.11. The van der Waals surface area contributed by atoms with Gasteiger partial charge in [-0.3, -0.25) is 29.8 Å². The summed E-state index contributed by atoms with van der Waals surface area (Å²) in [6.07, 6.45) is 0.359. The van der Waals surface area contributed by atoms with Crippen LogP contribution >= 0.6 is 0 Å². The van der Waals surface area contributed by atoms with E-state index in [1.807, 2.05) is 48.5 Å². The van der Waals surface area contributed by atoms with Crippen LogP contribution in [0, 0.1) is 10.1 Å². The summed E-state index contributed by atoms with van der Waals surface area (Å²) in [6, 6.07) is 22.2. The number of nitrogens with one attached hydrogen (secondary N) is 2. The molecule has 0 bridgehead atoms. The molecule has 0 aliphatic carbocycles. The molecule has 0 spiro atoms. The molecule has 250 valence electrons. The van der Waals surface area contributed by atoms with Crippen molar-refractivity contribution in [1.82, 2.24) is 15.7 Å². The molecule has 5 rings (SSSR count). The van der Waals surface area contributed by atoms with Gasteiger partial charge < -0.3 is 24.8 Å². The van der Waals surface area contributed by atoms with Crippen LogP contribution in [-0.2, 0) is 32.2 Å². The van der Waals surface area contributed by atoms with Gasteiger partial charge >= 0.3 is 0 Å². The number of aliphatic hydroxyl groups is 1. The highest BCUT2D eigenvalue weighted by Crippen LogP contribution is 2.38. The van der Waals surface area contributed by atoms with E-state index in [-0.39, 0.29) is 48.2 Å². The summed E-state index contributed by atoms with van der Waals surface area (Å²) >= 11 is 0. The van der Waals surface area contributed by atoms with Gasteiger partial charge in [-0.05, 0) is 35.2 Å². The molecule has 2 heterocycles. The van der Waals surface area contributed by atoms with Gasteiger partial charge in [0.25, 0.3) is 5.69 Å². The summed E-state index contributed by atoms with van der Waals surface area (Å²) in [6.45, 7) is 4.29. The van der Waals surface area contributed by atoms with Gasteiger partial charge in [0.1, 0.15) is 0 Å². The van der Waals surface area contributed by atoms with Crippen molar-refractivity contribution in [2.45, 2.75) is 57.3 Å². The number of carbonyl (C=O) groups is 2. The van der Waals surface area contributed by atoms with E-state index in [0.717, 1.165) is 60.7 Å². The second-order valence-electron chi connectivity index (χ2n) is 11.8. The number of non-ortho nitro benzene ring substituents is 1. The number of piperazine rings is 1. The first kappa shape index (κ1) is 33.9. The minimum absolute atomic E-state index is 0.0281. The number of carbonyl (C=O) groups excluding carboxylic acids is 2. The summed E-state index contributed by atoms with van der Waals surface area (Å²) in [5, 5.41) is 31.9. The molecule has 3 aromatic rings. The van der Waals surface area contributed by atoms with Crippen LogP contribution in [0.2, 0.25) is 0 Å². The van der Waals surface area contributed by atoms with Crippen molar-refractivity contribution in [2.24, 2.45) is 0 Å². The van der Waals surface area contributed by atoms with Crippen molar-refractivity contribution >= 4 is 23.2 Å². The lowest BCUT2D eigenvalue weighted by Crippen LogP contribution is -2.49. The Morgan fingerprint density at radius 1 is 0.851 bits per heavy atom. The second-order valence-corrected chi connectivity index (χ2v) is 11.8. The number of aliphatic hydroxyl groups excluding tert-OH is 1. The number of hydrogen-bond acceptors (Lipinski definition) is 10. The van der Waals surface area contributed by atoms with Crippen LogP contribution in [0.3, 0.4) is 0 Å². The zero-order chi connectivity index (χ0) is 33.2. The number of amides is 2. The van der Waals surface area contributed by atoms with Gasteiger partial charge in [-0.25, -0.2) is 5.48 Å². The maximum Gasteiger partial charge on any atom is 0.269 e. The second kappa shape index (κ2) is 16.4. The van der Waals surface area contributed by atoms with Crippen LogP contribution in [-0.4, -0.2) is 70.8 Å². The molecule has 2 saturated heterocycles. The topological polar surface area (TPSA) is 167 Å². The van der Waals surface area contributed by atoms with Crippen LogP contribution in [0.1, 0.15) is 60.3 Å². The molecule has 0 saturated carbocycles. The van der Waals surface area contributed by atoms with E-state index in [2.05, 4.69) is 15.1 Å². The first-order valence-corrected chi connectivity index (χ1v) is 15.8. The predicted molar refractivity (Wildman–Crippen MR) is 172 cm³/mol. The molecule has 2 fully saturated rings. The van der Waals surface area contributed by atoms with E-state index in [0.29, 0.717) is 19.4 Å². The smallest absolute Gasteiger partial charge is 0.269 e. The van der Waals surface area contributed by atoms with E-state index in [1.54, 1.807) is 29.7 Å². The highest BCUT2D eigenvalue weighted by Gasteiger charge is 2.34. The van der Waals surface area contributed by atoms with Crippen LogP contribution in [0.15, 0.2) is 72.8 Å². The van der Waals surface area contributed by atoms with Crippen molar-refractivity contribution in [1.29, 1.82) is 0 Å². The molecule has 0 aromatic heterocycles. The molecule has 13 heteroatoms. The number of rotatable bonds is 13. The molecule has 2 amide bonds. The Morgan fingerprint density at radius 2 is 1.49 bits per heavy atom. The van der Waals surface area contributed by atoms with Gasteiger partial charge in [0.05, 0.1) is 23.7 Å². The maximum atomic E-state index is 12.1. The molecular weight excluding hydrogens is 606 g/mol. The van der Waals surface area contributed by atoms with E-state index >= 15 is 0 Å². The summed E-state index contributed by atoms with van der Waals surface area (Å²) in [5.74, 6) is -0.695. The molecule has 4 N–H and O–H groups in total. The van der Waals surface area contributed by atoms with Crippen LogP contribution < -0.4 is 15.7 Å². The van der Waals surface area contributed by atoms with E-state index < -0.39 is 12.2 Å². The molecule has 2 aliphatic heterocycles. The number of hydroxylamine groups is 1. The lowest BCUT2D eigenvalue weighted by molar-refractivity contribution is -0.384. The molecule has 2 aliphatic rings. The molecule has 3 unspecified atom stereocenters. The van der Waals surface area contributed by atoms with Crippen molar-refractivity contribution in [2.75, 3.05) is 37.6 Å². The summed E-state index contributed by atoms with van der Waals surface area (Å²) in [5.41, 5.74) is 6.23. The fourth-order valence-corrected chi connectivity index (χ4v) is 5.84. The predicted octanol–water partition coefficient (Wildman–Crippen LogP) is 3.75.